The molecule has 0 spiro atoms. The van der Waals surface area contributed by atoms with Crippen molar-refractivity contribution in [1.82, 2.24) is 9.97 Å². The molecule has 7 heteroatoms. The smallest absolute Gasteiger partial charge is 0.383 e. The number of hydrogen-bond acceptors (Lipinski definition) is 3. The predicted molar refractivity (Wildman–Crippen MR) is 66.4 cm³/mol. The average molecular weight is 320 g/mol. The highest BCUT2D eigenvalue weighted by molar-refractivity contribution is 9.10. The molecule has 2 rings (SSSR count). The lowest BCUT2D eigenvalue weighted by Crippen LogP contribution is -2.14. The first-order valence-corrected chi connectivity index (χ1v) is 5.96. The zero-order valence-electron chi connectivity index (χ0n) is 9.13. The maximum absolute atomic E-state index is 12.1. The van der Waals surface area contributed by atoms with Crippen molar-refractivity contribution in [2.45, 2.75) is 12.6 Å². The number of nitrogens with zero attached hydrogens (tertiary/aromatic N) is 2. The molecule has 2 aromatic rings. The Kier molecular flexibility index (Phi) is 3.70. The molecule has 3 nitrogen and oxygen atoms in total. The number of aromatic nitrogens is 2. The van der Waals surface area contributed by atoms with Crippen molar-refractivity contribution >= 4 is 32.7 Å². The molecular formula is C11H9BrF3N3. The summed E-state index contributed by atoms with van der Waals surface area (Å²) in [5.41, 5.74) is 1.74. The molecule has 0 aliphatic rings. The van der Waals surface area contributed by atoms with Crippen LogP contribution in [-0.4, -0.2) is 22.7 Å². The molecule has 1 N–H and O–H groups in total. The highest BCUT2D eigenvalue weighted by atomic mass is 79.9. The summed E-state index contributed by atoms with van der Waals surface area (Å²) in [7, 11) is 0. The largest absolute Gasteiger partial charge is 0.390 e. The van der Waals surface area contributed by atoms with Gasteiger partial charge in [-0.05, 0) is 28.1 Å². The van der Waals surface area contributed by atoms with Gasteiger partial charge in [-0.2, -0.15) is 13.2 Å². The van der Waals surface area contributed by atoms with E-state index in [1.54, 1.807) is 18.3 Å². The fraction of sp³-hybridized carbons (Fsp3) is 0.273. The number of halogens is 4. The first kappa shape index (κ1) is 13.1. The summed E-state index contributed by atoms with van der Waals surface area (Å²) in [5.74, 6) is 0. The van der Waals surface area contributed by atoms with Crippen LogP contribution in [0.5, 0.6) is 0 Å². The second-order valence-corrected chi connectivity index (χ2v) is 4.59. The predicted octanol–water partition coefficient (Wildman–Crippen LogP) is 3.76. The van der Waals surface area contributed by atoms with Gasteiger partial charge >= 0.3 is 6.18 Å². The van der Waals surface area contributed by atoms with Gasteiger partial charge in [0.25, 0.3) is 0 Å². The molecule has 0 aliphatic heterocycles. The molecule has 0 aromatic carbocycles. The van der Waals surface area contributed by atoms with Gasteiger partial charge < -0.3 is 5.32 Å². The zero-order chi connectivity index (χ0) is 13.2. The van der Waals surface area contributed by atoms with Gasteiger partial charge in [-0.15, -0.1) is 0 Å². The highest BCUT2D eigenvalue weighted by Gasteiger charge is 2.26. The molecule has 0 unspecified atom stereocenters. The Morgan fingerprint density at radius 2 is 2.06 bits per heavy atom. The van der Waals surface area contributed by atoms with Crippen LogP contribution in [-0.2, 0) is 0 Å². The van der Waals surface area contributed by atoms with Crippen molar-refractivity contribution < 1.29 is 13.2 Å². The zero-order valence-corrected chi connectivity index (χ0v) is 10.7. The van der Waals surface area contributed by atoms with Gasteiger partial charge in [0.1, 0.15) is 5.52 Å². The van der Waals surface area contributed by atoms with Gasteiger partial charge in [0, 0.05) is 23.4 Å². The van der Waals surface area contributed by atoms with Crippen LogP contribution in [0.1, 0.15) is 6.42 Å². The number of nitrogens with one attached hydrogen (secondary N) is 1. The Balaban J connectivity index is 2.18. The van der Waals surface area contributed by atoms with E-state index in [0.29, 0.717) is 16.7 Å². The third kappa shape index (κ3) is 3.32. The van der Waals surface area contributed by atoms with E-state index in [4.69, 9.17) is 0 Å². The van der Waals surface area contributed by atoms with E-state index >= 15 is 0 Å². The molecule has 96 valence electrons. The lowest BCUT2D eigenvalue weighted by Gasteiger charge is -2.10. The molecule has 0 fully saturated rings. The van der Waals surface area contributed by atoms with E-state index in [0.717, 1.165) is 4.47 Å². The Hall–Kier alpha value is -1.37. The molecule has 0 saturated carbocycles. The Morgan fingerprint density at radius 1 is 1.28 bits per heavy atom. The Labute approximate surface area is 110 Å². The molecule has 0 aliphatic carbocycles. The van der Waals surface area contributed by atoms with Crippen LogP contribution < -0.4 is 5.32 Å². The lowest BCUT2D eigenvalue weighted by atomic mass is 10.2. The summed E-state index contributed by atoms with van der Waals surface area (Å²) in [6, 6.07) is 3.37. The normalized spacial score (nSPS) is 11.8. The minimum absolute atomic E-state index is 0.180. The van der Waals surface area contributed by atoms with Crippen LogP contribution in [0.2, 0.25) is 0 Å². The van der Waals surface area contributed by atoms with Crippen LogP contribution in [0.4, 0.5) is 18.9 Å². The third-order valence-corrected chi connectivity index (χ3v) is 2.70. The van der Waals surface area contributed by atoms with E-state index in [-0.39, 0.29) is 6.54 Å². The van der Waals surface area contributed by atoms with Crippen LogP contribution in [0.3, 0.4) is 0 Å². The van der Waals surface area contributed by atoms with Crippen molar-refractivity contribution in [2.24, 2.45) is 0 Å². The summed E-state index contributed by atoms with van der Waals surface area (Å²) in [5, 5.41) is 2.73. The van der Waals surface area contributed by atoms with Crippen molar-refractivity contribution in [3.05, 3.63) is 29.0 Å². The maximum atomic E-state index is 12.1. The lowest BCUT2D eigenvalue weighted by molar-refractivity contribution is -0.131. The summed E-state index contributed by atoms with van der Waals surface area (Å²) >= 11 is 3.26. The van der Waals surface area contributed by atoms with E-state index in [1.807, 2.05) is 0 Å². The van der Waals surface area contributed by atoms with Crippen LogP contribution in [0.15, 0.2) is 29.0 Å². The Bertz CT molecular complexity index is 557. The van der Waals surface area contributed by atoms with Crippen molar-refractivity contribution in [3.63, 3.8) is 0 Å². The number of fused-ring (bicyclic) bond motifs is 1. The molecule has 0 bridgehead atoms. The first-order chi connectivity index (χ1) is 8.46. The maximum Gasteiger partial charge on any atom is 0.390 e. The number of pyridine rings is 2. The standard InChI is InChI=1S/C11H9BrF3N3/c12-7-5-9-10(18-6-7)8(1-3-16-9)17-4-2-11(13,14)15/h1,3,5-6H,2,4H2,(H,16,17). The fourth-order valence-corrected chi connectivity index (χ4v) is 1.81. The molecule has 0 radical (unpaired) electrons. The van der Waals surface area contributed by atoms with Gasteiger partial charge in [0.15, 0.2) is 0 Å². The van der Waals surface area contributed by atoms with Gasteiger partial charge in [-0.1, -0.05) is 0 Å². The molecule has 2 heterocycles. The highest BCUT2D eigenvalue weighted by Crippen LogP contribution is 2.23. The molecule has 0 saturated heterocycles. The molecule has 0 amide bonds. The van der Waals surface area contributed by atoms with Crippen molar-refractivity contribution in [3.8, 4) is 0 Å². The van der Waals surface area contributed by atoms with E-state index in [2.05, 4.69) is 31.2 Å². The summed E-state index contributed by atoms with van der Waals surface area (Å²) < 4.78 is 36.9. The minimum Gasteiger partial charge on any atom is -0.383 e. The van der Waals surface area contributed by atoms with Gasteiger partial charge in [-0.3, -0.25) is 9.97 Å². The monoisotopic (exact) mass is 319 g/mol. The van der Waals surface area contributed by atoms with E-state index in [1.165, 1.54) is 6.20 Å². The molecular weight excluding hydrogens is 311 g/mol. The topological polar surface area (TPSA) is 37.8 Å². The van der Waals surface area contributed by atoms with Crippen LogP contribution in [0.25, 0.3) is 11.0 Å². The molecule has 0 atom stereocenters. The second-order valence-electron chi connectivity index (χ2n) is 3.67. The molecule has 18 heavy (non-hydrogen) atoms. The van der Waals surface area contributed by atoms with E-state index < -0.39 is 12.6 Å². The van der Waals surface area contributed by atoms with E-state index in [9.17, 15) is 13.2 Å². The number of alkyl halides is 3. The minimum atomic E-state index is -4.16. The van der Waals surface area contributed by atoms with Gasteiger partial charge in [0.05, 0.1) is 17.6 Å². The quantitative estimate of drug-likeness (QED) is 0.936. The fourth-order valence-electron chi connectivity index (χ4n) is 1.49. The third-order valence-electron chi connectivity index (χ3n) is 2.27. The summed E-state index contributed by atoms with van der Waals surface area (Å²) in [4.78, 5) is 8.25. The first-order valence-electron chi connectivity index (χ1n) is 5.16. The number of anilines is 1. The van der Waals surface area contributed by atoms with Crippen LogP contribution >= 0.6 is 15.9 Å². The number of hydrogen-bond donors (Lipinski definition) is 1. The van der Waals surface area contributed by atoms with Crippen molar-refractivity contribution in [2.75, 3.05) is 11.9 Å². The summed E-state index contributed by atoms with van der Waals surface area (Å²) in [6.45, 7) is -0.180. The SMILES string of the molecule is FC(F)(F)CCNc1ccnc2cc(Br)cnc12. The van der Waals surface area contributed by atoms with Gasteiger partial charge in [0.2, 0.25) is 0 Å². The molecule has 2 aromatic heterocycles. The number of rotatable bonds is 3. The second kappa shape index (κ2) is 5.09. The van der Waals surface area contributed by atoms with Crippen molar-refractivity contribution in [1.29, 1.82) is 0 Å². The van der Waals surface area contributed by atoms with Gasteiger partial charge in [-0.25, -0.2) is 0 Å². The average Bonchev–Trinajstić information content (AvgIpc) is 2.27. The van der Waals surface area contributed by atoms with Crippen LogP contribution in [0, 0.1) is 0 Å². The Morgan fingerprint density at radius 3 is 2.78 bits per heavy atom. The summed E-state index contributed by atoms with van der Waals surface area (Å²) in [6.07, 6.45) is -1.93.